The second-order valence-corrected chi connectivity index (χ2v) is 5.40. The summed E-state index contributed by atoms with van der Waals surface area (Å²) in [5, 5.41) is 0. The molecular formula is C14H17FN2O. The van der Waals surface area contributed by atoms with Crippen LogP contribution in [0.2, 0.25) is 0 Å². The third-order valence-electron chi connectivity index (χ3n) is 4.12. The molecular weight excluding hydrogens is 231 g/mol. The quantitative estimate of drug-likeness (QED) is 0.843. The maximum atomic E-state index is 13.2. The fourth-order valence-corrected chi connectivity index (χ4v) is 2.77. The zero-order chi connectivity index (χ0) is 12.8. The predicted octanol–water partition coefficient (Wildman–Crippen LogP) is 3.13. The third kappa shape index (κ3) is 1.72. The van der Waals surface area contributed by atoms with E-state index in [-0.39, 0.29) is 17.3 Å². The molecule has 2 unspecified atom stereocenters. The van der Waals surface area contributed by atoms with Crippen molar-refractivity contribution >= 4 is 11.1 Å². The van der Waals surface area contributed by atoms with Crippen LogP contribution in [-0.4, -0.2) is 11.0 Å². The molecule has 18 heavy (non-hydrogen) atoms. The summed E-state index contributed by atoms with van der Waals surface area (Å²) < 4.78 is 18.9. The summed E-state index contributed by atoms with van der Waals surface area (Å²) in [5.41, 5.74) is 7.20. The van der Waals surface area contributed by atoms with Crippen molar-refractivity contribution in [1.82, 2.24) is 4.98 Å². The molecule has 3 rings (SSSR count). The van der Waals surface area contributed by atoms with Gasteiger partial charge in [-0.15, -0.1) is 0 Å². The van der Waals surface area contributed by atoms with Crippen LogP contribution < -0.4 is 5.73 Å². The molecule has 0 radical (unpaired) electrons. The van der Waals surface area contributed by atoms with Crippen molar-refractivity contribution in [2.75, 3.05) is 0 Å². The van der Waals surface area contributed by atoms with Crippen molar-refractivity contribution < 1.29 is 8.81 Å². The van der Waals surface area contributed by atoms with E-state index in [0.29, 0.717) is 17.0 Å². The largest absolute Gasteiger partial charge is 0.440 e. The van der Waals surface area contributed by atoms with Crippen LogP contribution in [0.25, 0.3) is 11.1 Å². The zero-order valence-electron chi connectivity index (χ0n) is 10.4. The van der Waals surface area contributed by atoms with E-state index in [1.165, 1.54) is 12.1 Å². The highest BCUT2D eigenvalue weighted by Crippen LogP contribution is 2.38. The number of nitrogens with zero attached hydrogens (tertiary/aromatic N) is 1. The number of aromatic nitrogens is 1. The molecule has 0 aliphatic heterocycles. The molecule has 1 saturated carbocycles. The first kappa shape index (κ1) is 11.7. The number of fused-ring (bicyclic) bond motifs is 1. The lowest BCUT2D eigenvalue weighted by atomic mass is 9.72. The van der Waals surface area contributed by atoms with Crippen LogP contribution in [0.1, 0.15) is 38.5 Å². The predicted molar refractivity (Wildman–Crippen MR) is 67.8 cm³/mol. The van der Waals surface area contributed by atoms with E-state index in [0.717, 1.165) is 25.7 Å². The lowest BCUT2D eigenvalue weighted by Gasteiger charge is -2.36. The monoisotopic (exact) mass is 248 g/mol. The van der Waals surface area contributed by atoms with E-state index in [9.17, 15) is 4.39 Å². The molecule has 3 nitrogen and oxygen atoms in total. The summed E-state index contributed by atoms with van der Waals surface area (Å²) in [6.07, 6.45) is 4.26. The summed E-state index contributed by atoms with van der Waals surface area (Å²) in [5.74, 6) is 0.357. The molecule has 2 N–H and O–H groups in total. The van der Waals surface area contributed by atoms with Gasteiger partial charge in [0, 0.05) is 12.1 Å². The molecule has 2 atom stereocenters. The van der Waals surface area contributed by atoms with Crippen LogP contribution >= 0.6 is 0 Å². The van der Waals surface area contributed by atoms with Crippen molar-refractivity contribution in [3.8, 4) is 0 Å². The van der Waals surface area contributed by atoms with E-state index in [1.807, 2.05) is 0 Å². The summed E-state index contributed by atoms with van der Waals surface area (Å²) >= 11 is 0. The average molecular weight is 248 g/mol. The van der Waals surface area contributed by atoms with Crippen LogP contribution in [0.15, 0.2) is 22.6 Å². The van der Waals surface area contributed by atoms with Gasteiger partial charge >= 0.3 is 0 Å². The van der Waals surface area contributed by atoms with Gasteiger partial charge in [-0.2, -0.15) is 0 Å². The lowest BCUT2D eigenvalue weighted by molar-refractivity contribution is 0.226. The van der Waals surface area contributed by atoms with Crippen LogP contribution in [-0.2, 0) is 5.41 Å². The molecule has 0 bridgehead atoms. The first-order valence-corrected chi connectivity index (χ1v) is 6.42. The fraction of sp³-hybridized carbons (Fsp3) is 0.500. The maximum absolute atomic E-state index is 13.2. The molecule has 0 amide bonds. The van der Waals surface area contributed by atoms with Crippen molar-refractivity contribution in [2.45, 2.75) is 44.1 Å². The zero-order valence-corrected chi connectivity index (χ0v) is 10.4. The Hall–Kier alpha value is -1.42. The van der Waals surface area contributed by atoms with Crippen LogP contribution in [0.3, 0.4) is 0 Å². The van der Waals surface area contributed by atoms with Gasteiger partial charge in [-0.3, -0.25) is 0 Å². The Labute approximate surface area is 105 Å². The van der Waals surface area contributed by atoms with Gasteiger partial charge in [0.25, 0.3) is 0 Å². The van der Waals surface area contributed by atoms with Gasteiger partial charge in [0.1, 0.15) is 11.3 Å². The minimum atomic E-state index is -0.291. The van der Waals surface area contributed by atoms with E-state index < -0.39 is 0 Å². The first-order valence-electron chi connectivity index (χ1n) is 6.42. The minimum Gasteiger partial charge on any atom is -0.440 e. The van der Waals surface area contributed by atoms with Crippen molar-refractivity contribution in [3.63, 3.8) is 0 Å². The number of rotatable bonds is 1. The number of benzene rings is 1. The maximum Gasteiger partial charge on any atom is 0.202 e. The molecule has 1 fully saturated rings. The third-order valence-corrected chi connectivity index (χ3v) is 4.12. The number of hydrogen-bond acceptors (Lipinski definition) is 3. The SMILES string of the molecule is CC1(c2nc3cc(F)ccc3o2)CCCCC1N. The Morgan fingerprint density at radius 3 is 3.06 bits per heavy atom. The summed E-state index contributed by atoms with van der Waals surface area (Å²) in [6.45, 7) is 2.10. The number of halogens is 1. The molecule has 1 aromatic carbocycles. The molecule has 1 aliphatic rings. The van der Waals surface area contributed by atoms with E-state index in [4.69, 9.17) is 10.2 Å². The van der Waals surface area contributed by atoms with E-state index in [2.05, 4.69) is 11.9 Å². The molecule has 0 spiro atoms. The smallest absolute Gasteiger partial charge is 0.202 e. The molecule has 1 heterocycles. The fourth-order valence-electron chi connectivity index (χ4n) is 2.77. The van der Waals surface area contributed by atoms with Crippen LogP contribution in [0.4, 0.5) is 4.39 Å². The average Bonchev–Trinajstić information content (AvgIpc) is 2.76. The number of nitrogens with two attached hydrogens (primary N) is 1. The number of hydrogen-bond donors (Lipinski definition) is 1. The number of oxazole rings is 1. The summed E-state index contributed by atoms with van der Waals surface area (Å²) in [7, 11) is 0. The molecule has 0 saturated heterocycles. The van der Waals surface area contributed by atoms with E-state index >= 15 is 0 Å². The van der Waals surface area contributed by atoms with Crippen LogP contribution in [0.5, 0.6) is 0 Å². The molecule has 96 valence electrons. The molecule has 2 aromatic rings. The van der Waals surface area contributed by atoms with Crippen LogP contribution in [0, 0.1) is 5.82 Å². The Morgan fingerprint density at radius 1 is 1.44 bits per heavy atom. The Kier molecular flexibility index (Phi) is 2.63. The van der Waals surface area contributed by atoms with Crippen molar-refractivity contribution in [1.29, 1.82) is 0 Å². The molecule has 1 aromatic heterocycles. The highest BCUT2D eigenvalue weighted by atomic mass is 19.1. The van der Waals surface area contributed by atoms with Gasteiger partial charge in [0.2, 0.25) is 5.89 Å². The van der Waals surface area contributed by atoms with E-state index in [1.54, 1.807) is 6.07 Å². The second kappa shape index (κ2) is 4.05. The Balaban J connectivity index is 2.07. The normalized spacial score (nSPS) is 28.7. The van der Waals surface area contributed by atoms with Gasteiger partial charge in [-0.25, -0.2) is 9.37 Å². The van der Waals surface area contributed by atoms with Gasteiger partial charge in [-0.1, -0.05) is 12.8 Å². The van der Waals surface area contributed by atoms with Gasteiger partial charge in [-0.05, 0) is 31.9 Å². The minimum absolute atomic E-state index is 0.0594. The van der Waals surface area contributed by atoms with Gasteiger partial charge in [0.15, 0.2) is 5.58 Å². The first-order chi connectivity index (χ1) is 8.59. The highest BCUT2D eigenvalue weighted by Gasteiger charge is 2.40. The summed E-state index contributed by atoms with van der Waals surface area (Å²) in [6, 6.07) is 4.48. The van der Waals surface area contributed by atoms with Crippen molar-refractivity contribution in [3.05, 3.63) is 29.9 Å². The summed E-state index contributed by atoms with van der Waals surface area (Å²) in [4.78, 5) is 4.43. The lowest BCUT2D eigenvalue weighted by Crippen LogP contribution is -2.45. The Morgan fingerprint density at radius 2 is 2.28 bits per heavy atom. The van der Waals surface area contributed by atoms with Gasteiger partial charge < -0.3 is 10.2 Å². The molecule has 4 heteroatoms. The topological polar surface area (TPSA) is 52.0 Å². The van der Waals surface area contributed by atoms with Crippen molar-refractivity contribution in [2.24, 2.45) is 5.73 Å². The second-order valence-electron chi connectivity index (χ2n) is 5.40. The molecule has 1 aliphatic carbocycles. The van der Waals surface area contributed by atoms with Gasteiger partial charge in [0.05, 0.1) is 5.41 Å². The Bertz CT molecular complexity index is 580. The standard InChI is InChI=1S/C14H17FN2O/c1-14(7-3-2-4-12(14)16)13-17-10-8-9(15)5-6-11(10)18-13/h5-6,8,12H,2-4,7,16H2,1H3. The highest BCUT2D eigenvalue weighted by molar-refractivity contribution is 5.72.